The third kappa shape index (κ3) is 6.04. The fourth-order valence-corrected chi connectivity index (χ4v) is 9.60. The van der Waals surface area contributed by atoms with Crippen molar-refractivity contribution >= 4 is 43.6 Å². The van der Waals surface area contributed by atoms with Crippen molar-refractivity contribution in [3.63, 3.8) is 0 Å². The molecule has 0 fully saturated rings. The quantitative estimate of drug-likeness (QED) is 0.152. The number of benzene rings is 10. The van der Waals surface area contributed by atoms with E-state index in [9.17, 15) is 0 Å². The summed E-state index contributed by atoms with van der Waals surface area (Å²) in [6.45, 7) is 0. The molecule has 0 N–H and O–H groups in total. The fourth-order valence-electron chi connectivity index (χ4n) is 9.60. The maximum absolute atomic E-state index is 2.47. The van der Waals surface area contributed by atoms with Gasteiger partial charge in [-0.25, -0.2) is 0 Å². The topological polar surface area (TPSA) is 9.86 Å². The SMILES string of the molecule is c1ccc(-c2cc(-c3ccccc3)cc(-c3ccc(-n4c5ccccc5c5c6c7ccccc7n(-c7cc(-c8ccccc8)cc(-c8ccccc8)c7)c6ccc54)cc3)c2)cc1. The van der Waals surface area contributed by atoms with Crippen LogP contribution in [0.15, 0.2) is 243 Å². The molecule has 12 rings (SSSR count). The molecule has 0 saturated heterocycles. The molecule has 0 amide bonds. The summed E-state index contributed by atoms with van der Waals surface area (Å²) in [6, 6.07) is 88.4. The van der Waals surface area contributed by atoms with Crippen LogP contribution in [0.3, 0.4) is 0 Å². The lowest BCUT2D eigenvalue weighted by molar-refractivity contribution is 1.17. The van der Waals surface area contributed by atoms with Gasteiger partial charge >= 0.3 is 0 Å². The standard InChI is InChI=1S/C60H40N2/c1-5-17-41(18-6-1)46-35-47(42-19-7-2-8-20-42)37-48(36-46)45-29-31-51(32-30-45)61-55-27-15-13-25-53(55)59-57(61)33-34-58-60(59)54-26-14-16-28-56(54)62(58)52-39-49(43-21-9-3-10-22-43)38-50(40-52)44-23-11-4-12-24-44/h1-40H. The van der Waals surface area contributed by atoms with Gasteiger partial charge in [-0.15, -0.1) is 0 Å². The van der Waals surface area contributed by atoms with Gasteiger partial charge in [-0.2, -0.15) is 0 Å². The lowest BCUT2D eigenvalue weighted by Gasteiger charge is -2.14. The zero-order valence-electron chi connectivity index (χ0n) is 34.0. The number of nitrogens with zero attached hydrogens (tertiary/aromatic N) is 2. The molecule has 0 spiro atoms. The van der Waals surface area contributed by atoms with Crippen molar-refractivity contribution in [3.8, 4) is 67.0 Å². The average molecular weight is 789 g/mol. The van der Waals surface area contributed by atoms with Crippen LogP contribution in [0.5, 0.6) is 0 Å². The van der Waals surface area contributed by atoms with Crippen LogP contribution in [0.1, 0.15) is 0 Å². The summed E-state index contributed by atoms with van der Waals surface area (Å²) in [6.07, 6.45) is 0. The number of fused-ring (bicyclic) bond motifs is 7. The molecule has 0 aliphatic carbocycles. The van der Waals surface area contributed by atoms with Crippen LogP contribution in [0.25, 0.3) is 111 Å². The highest BCUT2D eigenvalue weighted by molar-refractivity contribution is 6.29. The van der Waals surface area contributed by atoms with Gasteiger partial charge in [0.2, 0.25) is 0 Å². The van der Waals surface area contributed by atoms with Crippen LogP contribution in [0.2, 0.25) is 0 Å². The Morgan fingerprint density at radius 2 is 0.500 bits per heavy atom. The highest BCUT2D eigenvalue weighted by Crippen LogP contribution is 2.43. The number of aromatic nitrogens is 2. The lowest BCUT2D eigenvalue weighted by atomic mass is 9.93. The first-order chi connectivity index (χ1) is 30.7. The number of hydrogen-bond acceptors (Lipinski definition) is 0. The van der Waals surface area contributed by atoms with Gasteiger partial charge in [0, 0.05) is 32.9 Å². The second-order valence-electron chi connectivity index (χ2n) is 16.1. The predicted octanol–water partition coefficient (Wildman–Crippen LogP) is 16.2. The fraction of sp³-hybridized carbons (Fsp3) is 0. The van der Waals surface area contributed by atoms with E-state index >= 15 is 0 Å². The molecule has 0 bridgehead atoms. The van der Waals surface area contributed by atoms with Crippen molar-refractivity contribution in [2.45, 2.75) is 0 Å². The van der Waals surface area contributed by atoms with Gasteiger partial charge in [-0.3, -0.25) is 0 Å². The molecule has 0 radical (unpaired) electrons. The van der Waals surface area contributed by atoms with Crippen molar-refractivity contribution in [3.05, 3.63) is 243 Å². The van der Waals surface area contributed by atoms with E-state index in [1.807, 2.05) is 0 Å². The molecule has 12 aromatic rings. The highest BCUT2D eigenvalue weighted by Gasteiger charge is 2.21. The van der Waals surface area contributed by atoms with Crippen LogP contribution in [0, 0.1) is 0 Å². The Balaban J connectivity index is 1.04. The van der Waals surface area contributed by atoms with E-state index in [2.05, 4.69) is 252 Å². The van der Waals surface area contributed by atoms with Crippen molar-refractivity contribution in [2.24, 2.45) is 0 Å². The predicted molar refractivity (Wildman–Crippen MR) is 262 cm³/mol. The van der Waals surface area contributed by atoms with Gasteiger partial charge in [0.1, 0.15) is 0 Å². The maximum atomic E-state index is 2.47. The van der Waals surface area contributed by atoms with Crippen LogP contribution < -0.4 is 0 Å². The van der Waals surface area contributed by atoms with Gasteiger partial charge in [-0.1, -0.05) is 170 Å². The first-order valence-corrected chi connectivity index (χ1v) is 21.3. The molecule has 0 aliphatic heterocycles. The zero-order valence-corrected chi connectivity index (χ0v) is 34.0. The van der Waals surface area contributed by atoms with E-state index in [1.165, 1.54) is 99.2 Å². The van der Waals surface area contributed by atoms with Gasteiger partial charge in [0.25, 0.3) is 0 Å². The van der Waals surface area contributed by atoms with E-state index in [-0.39, 0.29) is 0 Å². The minimum atomic E-state index is 1.13. The summed E-state index contributed by atoms with van der Waals surface area (Å²) in [7, 11) is 0. The van der Waals surface area contributed by atoms with Gasteiger partial charge in [-0.05, 0) is 128 Å². The van der Waals surface area contributed by atoms with Gasteiger partial charge in [0.05, 0.1) is 22.1 Å². The Hall–Kier alpha value is -8.20. The van der Waals surface area contributed by atoms with E-state index < -0.39 is 0 Å². The third-order valence-electron chi connectivity index (χ3n) is 12.5. The molecular weight excluding hydrogens is 749 g/mol. The van der Waals surface area contributed by atoms with Crippen molar-refractivity contribution in [1.82, 2.24) is 9.13 Å². The summed E-state index contributed by atoms with van der Waals surface area (Å²) in [5, 5.41) is 5.02. The molecule has 0 saturated carbocycles. The molecule has 0 atom stereocenters. The Kier molecular flexibility index (Phi) is 8.53. The maximum Gasteiger partial charge on any atom is 0.0548 e. The van der Waals surface area contributed by atoms with Crippen LogP contribution in [-0.4, -0.2) is 9.13 Å². The minimum absolute atomic E-state index is 1.13. The van der Waals surface area contributed by atoms with Crippen LogP contribution in [-0.2, 0) is 0 Å². The molecule has 0 unspecified atom stereocenters. The molecule has 2 aromatic heterocycles. The van der Waals surface area contributed by atoms with Crippen LogP contribution in [0.4, 0.5) is 0 Å². The van der Waals surface area contributed by atoms with E-state index in [4.69, 9.17) is 0 Å². The molecule has 290 valence electrons. The monoisotopic (exact) mass is 788 g/mol. The molecular formula is C60H40N2. The molecule has 2 nitrogen and oxygen atoms in total. The zero-order chi connectivity index (χ0) is 41.0. The van der Waals surface area contributed by atoms with Crippen molar-refractivity contribution in [2.75, 3.05) is 0 Å². The number of rotatable bonds is 7. The first kappa shape index (κ1) is 35.7. The van der Waals surface area contributed by atoms with Crippen LogP contribution >= 0.6 is 0 Å². The first-order valence-electron chi connectivity index (χ1n) is 21.3. The Morgan fingerprint density at radius 1 is 0.194 bits per heavy atom. The largest absolute Gasteiger partial charge is 0.309 e. The molecule has 0 aliphatic rings. The second-order valence-corrected chi connectivity index (χ2v) is 16.1. The summed E-state index contributed by atoms with van der Waals surface area (Å²) in [4.78, 5) is 0. The normalized spacial score (nSPS) is 11.5. The lowest BCUT2D eigenvalue weighted by Crippen LogP contribution is -1.96. The average Bonchev–Trinajstić information content (AvgIpc) is 3.88. The van der Waals surface area contributed by atoms with E-state index in [1.54, 1.807) is 0 Å². The smallest absolute Gasteiger partial charge is 0.0548 e. The van der Waals surface area contributed by atoms with E-state index in [0.717, 1.165) is 11.4 Å². The Labute approximate surface area is 360 Å². The Morgan fingerprint density at radius 3 is 0.887 bits per heavy atom. The van der Waals surface area contributed by atoms with E-state index in [0.29, 0.717) is 0 Å². The van der Waals surface area contributed by atoms with Gasteiger partial charge < -0.3 is 9.13 Å². The van der Waals surface area contributed by atoms with Gasteiger partial charge in [0.15, 0.2) is 0 Å². The molecule has 2 heterocycles. The number of hydrogen-bond donors (Lipinski definition) is 0. The molecule has 62 heavy (non-hydrogen) atoms. The highest BCUT2D eigenvalue weighted by atomic mass is 15.0. The summed E-state index contributed by atoms with van der Waals surface area (Å²) < 4.78 is 4.91. The second kappa shape index (κ2) is 14.8. The van der Waals surface area contributed by atoms with Crippen molar-refractivity contribution in [1.29, 1.82) is 0 Å². The minimum Gasteiger partial charge on any atom is -0.309 e. The number of para-hydroxylation sites is 2. The molecule has 2 heteroatoms. The summed E-state index contributed by atoms with van der Waals surface area (Å²) >= 11 is 0. The summed E-state index contributed by atoms with van der Waals surface area (Å²) in [5.74, 6) is 0. The summed E-state index contributed by atoms with van der Waals surface area (Å²) in [5.41, 5.74) is 19.0. The Bertz CT molecular complexity index is 3470. The molecule has 10 aromatic carbocycles. The van der Waals surface area contributed by atoms with Crippen molar-refractivity contribution < 1.29 is 0 Å². The third-order valence-corrected chi connectivity index (χ3v) is 12.5.